The second-order valence-electron chi connectivity index (χ2n) is 16.2. The van der Waals surface area contributed by atoms with Gasteiger partial charge in [0.25, 0.3) is 0 Å². The van der Waals surface area contributed by atoms with E-state index in [-0.39, 0.29) is 67.9 Å². The van der Waals surface area contributed by atoms with Gasteiger partial charge in [0.1, 0.15) is 17.3 Å². The van der Waals surface area contributed by atoms with Crippen molar-refractivity contribution < 1.29 is 46.8 Å². The molecular formula is C33H60FeO6. The van der Waals surface area contributed by atoms with E-state index in [2.05, 4.69) is 0 Å². The number of ketones is 3. The van der Waals surface area contributed by atoms with E-state index < -0.39 is 16.2 Å². The summed E-state index contributed by atoms with van der Waals surface area (Å²) in [6.45, 7) is 33.3. The quantitative estimate of drug-likeness (QED) is 0.167. The predicted octanol–water partition coefficient (Wildman–Crippen LogP) is 9.27. The van der Waals surface area contributed by atoms with Gasteiger partial charge in [0.05, 0.1) is 0 Å². The van der Waals surface area contributed by atoms with Crippen LogP contribution in [0, 0.1) is 32.5 Å². The Labute approximate surface area is 256 Å². The molecule has 0 aliphatic heterocycles. The zero-order valence-corrected chi connectivity index (χ0v) is 29.8. The maximum atomic E-state index is 11.5. The molecule has 0 aromatic rings. The van der Waals surface area contributed by atoms with Crippen molar-refractivity contribution in [1.29, 1.82) is 0 Å². The number of carbonyl (C=O) groups excluding carboxylic acids is 3. The molecule has 0 saturated heterocycles. The molecule has 0 aliphatic rings. The number of aliphatic hydroxyl groups is 3. The molecule has 3 N–H and O–H groups in total. The van der Waals surface area contributed by atoms with Crippen molar-refractivity contribution in [1.82, 2.24) is 0 Å². The van der Waals surface area contributed by atoms with Crippen LogP contribution in [-0.4, -0.2) is 32.7 Å². The minimum Gasteiger partial charge on any atom is -0.512 e. The first-order valence-electron chi connectivity index (χ1n) is 13.5. The van der Waals surface area contributed by atoms with Gasteiger partial charge >= 0.3 is 0 Å². The fourth-order valence-corrected chi connectivity index (χ4v) is 1.67. The molecule has 0 radical (unpaired) electrons. The predicted molar refractivity (Wildman–Crippen MR) is 164 cm³/mol. The smallest absolute Gasteiger partial charge is 0.164 e. The molecule has 40 heavy (non-hydrogen) atoms. The number of rotatable bonds is 3. The van der Waals surface area contributed by atoms with E-state index in [0.717, 1.165) is 0 Å². The van der Waals surface area contributed by atoms with Gasteiger partial charge in [-0.2, -0.15) is 0 Å². The van der Waals surface area contributed by atoms with Crippen LogP contribution >= 0.6 is 0 Å². The molecule has 0 aromatic carbocycles. The molecule has 0 aliphatic carbocycles. The summed E-state index contributed by atoms with van der Waals surface area (Å²) in [5, 5.41) is 28.7. The van der Waals surface area contributed by atoms with E-state index in [1.807, 2.05) is 125 Å². The van der Waals surface area contributed by atoms with Gasteiger partial charge in [-0.25, -0.2) is 0 Å². The fraction of sp³-hybridized carbons (Fsp3) is 0.727. The Morgan fingerprint density at radius 3 is 0.550 bits per heavy atom. The van der Waals surface area contributed by atoms with Crippen LogP contribution in [0.1, 0.15) is 125 Å². The Balaban J connectivity index is -0.000000240. The molecule has 0 aromatic heterocycles. The largest absolute Gasteiger partial charge is 0.512 e. The Kier molecular flexibility index (Phi) is 18.0. The minimum atomic E-state index is -0.417. The topological polar surface area (TPSA) is 112 Å². The summed E-state index contributed by atoms with van der Waals surface area (Å²) in [6, 6.07) is 0. The molecule has 0 saturated carbocycles. The molecule has 0 rings (SSSR count). The zero-order valence-electron chi connectivity index (χ0n) is 28.7. The average Bonchev–Trinajstić information content (AvgIpc) is 2.64. The molecule has 0 heterocycles. The Hall–Kier alpha value is -1.85. The van der Waals surface area contributed by atoms with Gasteiger partial charge in [-0.15, -0.1) is 0 Å². The molecule has 0 bridgehead atoms. The molecule has 0 spiro atoms. The Morgan fingerprint density at radius 2 is 0.475 bits per heavy atom. The molecule has 0 atom stereocenters. The van der Waals surface area contributed by atoms with Crippen molar-refractivity contribution in [3.8, 4) is 0 Å². The second kappa shape index (κ2) is 16.0. The zero-order chi connectivity index (χ0) is 32.6. The van der Waals surface area contributed by atoms with Crippen LogP contribution in [0.4, 0.5) is 0 Å². The van der Waals surface area contributed by atoms with Gasteiger partial charge in [0.2, 0.25) is 0 Å². The van der Waals surface area contributed by atoms with Crippen molar-refractivity contribution in [3.63, 3.8) is 0 Å². The molecular weight excluding hydrogens is 548 g/mol. The minimum absolute atomic E-state index is 0. The van der Waals surface area contributed by atoms with Crippen LogP contribution in [-0.2, 0) is 31.5 Å². The first-order valence-corrected chi connectivity index (χ1v) is 13.5. The van der Waals surface area contributed by atoms with Crippen molar-refractivity contribution in [3.05, 3.63) is 35.5 Å². The first kappa shape index (κ1) is 45.1. The number of hydrogen-bond acceptors (Lipinski definition) is 6. The van der Waals surface area contributed by atoms with E-state index >= 15 is 0 Å². The summed E-state index contributed by atoms with van der Waals surface area (Å²) in [4.78, 5) is 34.5. The van der Waals surface area contributed by atoms with Gasteiger partial charge in [-0.05, 0) is 0 Å². The molecule has 236 valence electrons. The first-order chi connectivity index (χ1) is 16.6. The fourth-order valence-electron chi connectivity index (χ4n) is 1.67. The number of hydrogen-bond donors (Lipinski definition) is 3. The Morgan fingerprint density at radius 1 is 0.350 bits per heavy atom. The van der Waals surface area contributed by atoms with Crippen molar-refractivity contribution >= 4 is 17.3 Å². The maximum Gasteiger partial charge on any atom is 0.164 e. The summed E-state index contributed by atoms with van der Waals surface area (Å²) < 4.78 is 0. The van der Waals surface area contributed by atoms with E-state index in [4.69, 9.17) is 0 Å². The molecule has 6 nitrogen and oxygen atoms in total. The van der Waals surface area contributed by atoms with Crippen molar-refractivity contribution in [2.24, 2.45) is 32.5 Å². The van der Waals surface area contributed by atoms with E-state index in [9.17, 15) is 29.7 Å². The van der Waals surface area contributed by atoms with Gasteiger partial charge in [-0.3, -0.25) is 14.4 Å². The molecule has 7 heteroatoms. The summed E-state index contributed by atoms with van der Waals surface area (Å²) in [5.74, 6) is 0.312. The van der Waals surface area contributed by atoms with Crippen LogP contribution in [0.3, 0.4) is 0 Å². The van der Waals surface area contributed by atoms with Crippen LogP contribution in [0.25, 0.3) is 0 Å². The van der Waals surface area contributed by atoms with Gasteiger partial charge in [-0.1, -0.05) is 125 Å². The summed E-state index contributed by atoms with van der Waals surface area (Å²) in [6.07, 6.45) is 4.00. The second-order valence-corrected chi connectivity index (χ2v) is 16.2. The number of allylic oxidation sites excluding steroid dienone is 6. The van der Waals surface area contributed by atoms with Crippen LogP contribution in [0.15, 0.2) is 35.5 Å². The molecule has 0 unspecified atom stereocenters. The monoisotopic (exact) mass is 608 g/mol. The van der Waals surface area contributed by atoms with Gasteiger partial charge < -0.3 is 15.3 Å². The third kappa shape index (κ3) is 21.0. The third-order valence-corrected chi connectivity index (χ3v) is 5.33. The van der Waals surface area contributed by atoms with Crippen LogP contribution in [0.2, 0.25) is 0 Å². The van der Waals surface area contributed by atoms with E-state index in [1.54, 1.807) is 0 Å². The third-order valence-electron chi connectivity index (χ3n) is 5.33. The molecule has 0 fully saturated rings. The average molecular weight is 609 g/mol. The number of carbonyl (C=O) groups is 3. The van der Waals surface area contributed by atoms with E-state index in [1.165, 1.54) is 18.2 Å². The number of aliphatic hydroxyl groups excluding tert-OH is 3. The normalized spacial score (nSPS) is 14.1. The van der Waals surface area contributed by atoms with Crippen LogP contribution < -0.4 is 0 Å². The van der Waals surface area contributed by atoms with Gasteiger partial charge in [0, 0.05) is 67.8 Å². The standard InChI is InChI=1S/3C11H20O2.Fe/c3*1-10(2,3)8(12)7-9(13)11(4,5)6;/h3*7,12H,1-6H3;/b3*8-7+;. The summed E-state index contributed by atoms with van der Waals surface area (Å²) >= 11 is 0. The SMILES string of the molecule is CC(C)(C)C(=O)/C=C(/O)C(C)(C)C.CC(C)(C)C(=O)/C=C(/O)C(C)(C)C.CC(C)(C)C(=O)/C=C(/O)C(C)(C)C.[Fe]. The van der Waals surface area contributed by atoms with Crippen molar-refractivity contribution in [2.45, 2.75) is 125 Å². The summed E-state index contributed by atoms with van der Waals surface area (Å²) in [7, 11) is 0. The van der Waals surface area contributed by atoms with Crippen LogP contribution in [0.5, 0.6) is 0 Å². The maximum absolute atomic E-state index is 11.5. The van der Waals surface area contributed by atoms with Gasteiger partial charge in [0.15, 0.2) is 17.3 Å². The van der Waals surface area contributed by atoms with E-state index in [0.29, 0.717) is 0 Å². The molecule has 0 amide bonds. The van der Waals surface area contributed by atoms with Crippen molar-refractivity contribution in [2.75, 3.05) is 0 Å². The summed E-state index contributed by atoms with van der Waals surface area (Å²) in [5.41, 5.74) is -2.29. The Bertz CT molecular complexity index is 801.